The molecule has 0 unspecified atom stereocenters. The predicted octanol–water partition coefficient (Wildman–Crippen LogP) is 2.09. The van der Waals surface area contributed by atoms with Gasteiger partial charge >= 0.3 is 6.09 Å². The Morgan fingerprint density at radius 3 is 2.88 bits per heavy atom. The summed E-state index contributed by atoms with van der Waals surface area (Å²) in [5.41, 5.74) is -0.502. The number of aromatic nitrogens is 1. The quantitative estimate of drug-likeness (QED) is 0.867. The molecule has 1 aromatic heterocycles. The van der Waals surface area contributed by atoms with E-state index in [0.29, 0.717) is 18.0 Å². The van der Waals surface area contributed by atoms with Crippen molar-refractivity contribution >= 4 is 17.4 Å². The van der Waals surface area contributed by atoms with E-state index in [2.05, 4.69) is 10.3 Å². The summed E-state index contributed by atoms with van der Waals surface area (Å²) in [6.07, 6.45) is 0.964. The van der Waals surface area contributed by atoms with Crippen LogP contribution < -0.4 is 5.32 Å². The molecule has 0 radical (unpaired) electrons. The Morgan fingerprint density at radius 2 is 2.35 bits per heavy atom. The van der Waals surface area contributed by atoms with E-state index in [1.54, 1.807) is 32.3 Å². The predicted molar refractivity (Wildman–Crippen MR) is 65.9 cm³/mol. The molecule has 1 amide bonds. The van der Waals surface area contributed by atoms with Gasteiger partial charge in [-0.05, 0) is 27.2 Å². The first-order valence-corrected chi connectivity index (χ1v) is 6.31. The number of aliphatic hydroxyl groups is 1. The van der Waals surface area contributed by atoms with Gasteiger partial charge in [0.2, 0.25) is 0 Å². The van der Waals surface area contributed by atoms with E-state index in [4.69, 9.17) is 4.74 Å². The van der Waals surface area contributed by atoms with Crippen molar-refractivity contribution in [3.05, 3.63) is 16.6 Å². The first-order chi connectivity index (χ1) is 7.88. The van der Waals surface area contributed by atoms with Crippen LogP contribution in [0.25, 0.3) is 0 Å². The molecule has 2 N–H and O–H groups in total. The maximum atomic E-state index is 11.3. The highest BCUT2D eigenvalue weighted by atomic mass is 32.1. The normalized spacial score (nSPS) is 13.2. The summed E-state index contributed by atoms with van der Waals surface area (Å²) in [4.78, 5) is 15.3. The van der Waals surface area contributed by atoms with Crippen LogP contribution in [0.4, 0.5) is 4.79 Å². The molecular formula is C11H18N2O3S. The van der Waals surface area contributed by atoms with Crippen molar-refractivity contribution in [2.75, 3.05) is 6.54 Å². The number of aliphatic hydroxyl groups excluding tert-OH is 1. The third kappa shape index (κ3) is 5.65. The van der Waals surface area contributed by atoms with Crippen LogP contribution in [0.2, 0.25) is 0 Å². The minimum atomic E-state index is -0.634. The van der Waals surface area contributed by atoms with Crippen molar-refractivity contribution in [1.82, 2.24) is 10.3 Å². The summed E-state index contributed by atoms with van der Waals surface area (Å²) >= 11 is 1.39. The molecule has 0 aliphatic carbocycles. The fourth-order valence-corrected chi connectivity index (χ4v) is 1.81. The Kier molecular flexibility index (Phi) is 4.89. The second kappa shape index (κ2) is 5.97. The number of thiazole rings is 1. The van der Waals surface area contributed by atoms with Crippen LogP contribution in [-0.2, 0) is 4.74 Å². The van der Waals surface area contributed by atoms with Crippen molar-refractivity contribution in [3.63, 3.8) is 0 Å². The molecule has 96 valence electrons. The lowest BCUT2D eigenvalue weighted by Gasteiger charge is -2.19. The third-order valence-corrected chi connectivity index (χ3v) is 2.70. The van der Waals surface area contributed by atoms with Gasteiger partial charge in [-0.2, -0.15) is 0 Å². The smallest absolute Gasteiger partial charge is 0.407 e. The van der Waals surface area contributed by atoms with Gasteiger partial charge in [0.15, 0.2) is 0 Å². The summed E-state index contributed by atoms with van der Waals surface area (Å²) in [5, 5.41) is 14.8. The zero-order valence-electron chi connectivity index (χ0n) is 10.3. The fourth-order valence-electron chi connectivity index (χ4n) is 1.15. The van der Waals surface area contributed by atoms with Gasteiger partial charge in [-0.3, -0.25) is 0 Å². The summed E-state index contributed by atoms with van der Waals surface area (Å²) in [5.74, 6) is 0. The number of ether oxygens (including phenoxy) is 1. The Balaban J connectivity index is 2.22. The summed E-state index contributed by atoms with van der Waals surface area (Å²) in [7, 11) is 0. The van der Waals surface area contributed by atoms with Gasteiger partial charge in [-0.25, -0.2) is 9.78 Å². The maximum Gasteiger partial charge on any atom is 0.407 e. The highest BCUT2D eigenvalue weighted by Gasteiger charge is 2.16. The Labute approximate surface area is 105 Å². The van der Waals surface area contributed by atoms with Gasteiger partial charge < -0.3 is 15.2 Å². The van der Waals surface area contributed by atoms with Gasteiger partial charge in [0, 0.05) is 18.1 Å². The standard InChI is InChI=1S/C11H18N2O3S/c1-11(2,3)16-10(15)13-5-4-8(14)9-12-6-7-17-9/h6-8,14H,4-5H2,1-3H3,(H,13,15)/t8-/m0/s1. The fraction of sp³-hybridized carbons (Fsp3) is 0.636. The number of carbonyl (C=O) groups excluding carboxylic acids is 1. The molecular weight excluding hydrogens is 240 g/mol. The largest absolute Gasteiger partial charge is 0.444 e. The molecule has 0 bridgehead atoms. The lowest BCUT2D eigenvalue weighted by atomic mass is 10.2. The van der Waals surface area contributed by atoms with E-state index in [1.807, 2.05) is 0 Å². The van der Waals surface area contributed by atoms with Crippen LogP contribution >= 0.6 is 11.3 Å². The number of alkyl carbamates (subject to hydrolysis) is 1. The first kappa shape index (κ1) is 13.9. The number of amides is 1. The second-order valence-corrected chi connectivity index (χ2v) is 5.53. The second-order valence-electron chi connectivity index (χ2n) is 4.60. The molecule has 0 aliphatic heterocycles. The minimum absolute atomic E-state index is 0.357. The lowest BCUT2D eigenvalue weighted by molar-refractivity contribution is 0.0518. The highest BCUT2D eigenvalue weighted by Crippen LogP contribution is 2.17. The zero-order valence-corrected chi connectivity index (χ0v) is 11.1. The lowest BCUT2D eigenvalue weighted by Crippen LogP contribution is -2.33. The van der Waals surface area contributed by atoms with Gasteiger partial charge in [-0.15, -0.1) is 11.3 Å². The maximum absolute atomic E-state index is 11.3. The number of rotatable bonds is 4. The van der Waals surface area contributed by atoms with Crippen LogP contribution in [0.3, 0.4) is 0 Å². The molecule has 0 aromatic carbocycles. The number of carbonyl (C=O) groups is 1. The van der Waals surface area contributed by atoms with Crippen LogP contribution in [0.5, 0.6) is 0 Å². The average Bonchev–Trinajstić information content (AvgIpc) is 2.66. The Hall–Kier alpha value is -1.14. The summed E-state index contributed by atoms with van der Waals surface area (Å²) in [6.45, 7) is 5.76. The van der Waals surface area contributed by atoms with Crippen LogP contribution in [0.1, 0.15) is 38.3 Å². The minimum Gasteiger partial charge on any atom is -0.444 e. The van der Waals surface area contributed by atoms with Crippen molar-refractivity contribution in [2.45, 2.75) is 38.9 Å². The molecule has 0 spiro atoms. The van der Waals surface area contributed by atoms with E-state index in [0.717, 1.165) is 0 Å². The van der Waals surface area contributed by atoms with E-state index in [9.17, 15) is 9.90 Å². The van der Waals surface area contributed by atoms with E-state index in [-0.39, 0.29) is 0 Å². The van der Waals surface area contributed by atoms with Gasteiger partial charge in [0.25, 0.3) is 0 Å². The summed E-state index contributed by atoms with van der Waals surface area (Å²) < 4.78 is 5.07. The van der Waals surface area contributed by atoms with E-state index < -0.39 is 17.8 Å². The Morgan fingerprint density at radius 1 is 1.65 bits per heavy atom. The third-order valence-electron chi connectivity index (χ3n) is 1.82. The van der Waals surface area contributed by atoms with Crippen molar-refractivity contribution in [3.8, 4) is 0 Å². The number of nitrogens with one attached hydrogen (secondary N) is 1. The molecule has 5 nitrogen and oxygen atoms in total. The number of hydrogen-bond acceptors (Lipinski definition) is 5. The topological polar surface area (TPSA) is 71.5 Å². The molecule has 1 aromatic rings. The molecule has 1 rings (SSSR count). The molecule has 0 fully saturated rings. The monoisotopic (exact) mass is 258 g/mol. The van der Waals surface area contributed by atoms with Crippen molar-refractivity contribution in [1.29, 1.82) is 0 Å². The van der Waals surface area contributed by atoms with E-state index in [1.165, 1.54) is 11.3 Å². The van der Waals surface area contributed by atoms with Gasteiger partial charge in [0.05, 0.1) is 0 Å². The van der Waals surface area contributed by atoms with Crippen molar-refractivity contribution in [2.24, 2.45) is 0 Å². The number of nitrogens with zero attached hydrogens (tertiary/aromatic N) is 1. The Bertz CT molecular complexity index is 346. The summed E-state index contributed by atoms with van der Waals surface area (Å²) in [6, 6.07) is 0. The molecule has 6 heteroatoms. The SMILES string of the molecule is CC(C)(C)OC(=O)NCC[C@H](O)c1nccs1. The number of hydrogen-bond donors (Lipinski definition) is 2. The zero-order chi connectivity index (χ0) is 12.9. The van der Waals surface area contributed by atoms with E-state index >= 15 is 0 Å². The van der Waals surface area contributed by atoms with Gasteiger partial charge in [-0.1, -0.05) is 0 Å². The molecule has 0 aliphatic rings. The molecule has 0 saturated carbocycles. The first-order valence-electron chi connectivity index (χ1n) is 5.43. The molecule has 0 saturated heterocycles. The van der Waals surface area contributed by atoms with Crippen LogP contribution in [-0.4, -0.2) is 28.3 Å². The van der Waals surface area contributed by atoms with Crippen molar-refractivity contribution < 1.29 is 14.6 Å². The highest BCUT2D eigenvalue weighted by molar-refractivity contribution is 7.09. The molecule has 1 heterocycles. The van der Waals surface area contributed by atoms with Gasteiger partial charge in [0.1, 0.15) is 16.7 Å². The van der Waals surface area contributed by atoms with Crippen LogP contribution in [0, 0.1) is 0 Å². The molecule has 17 heavy (non-hydrogen) atoms. The molecule has 1 atom stereocenters. The van der Waals surface area contributed by atoms with Crippen LogP contribution in [0.15, 0.2) is 11.6 Å². The average molecular weight is 258 g/mol.